The second-order valence-corrected chi connectivity index (χ2v) is 11.7. The average molecular weight is 544 g/mol. The van der Waals surface area contributed by atoms with Gasteiger partial charge in [0.25, 0.3) is 0 Å². The number of carbonyl (C=O) groups excluding carboxylic acids is 1. The zero-order chi connectivity index (χ0) is 28.4. The van der Waals surface area contributed by atoms with Crippen LogP contribution in [-0.2, 0) is 14.8 Å². The molecule has 5 nitrogen and oxygen atoms in total. The van der Waals surface area contributed by atoms with E-state index in [0.717, 1.165) is 11.1 Å². The highest BCUT2D eigenvalue weighted by atomic mass is 32.2. The SMILES string of the molecule is C=CCN([C@@H](CC(C)C)C(=C=C(OC(=O)c1ccccc1)c1ccccc1)CC)S(=O)(=O)c1ccc(C)cc1. The van der Waals surface area contributed by atoms with E-state index in [1.807, 2.05) is 50.2 Å². The van der Waals surface area contributed by atoms with Gasteiger partial charge in [-0.2, -0.15) is 4.31 Å². The number of sulfonamides is 1. The van der Waals surface area contributed by atoms with Crippen LogP contribution in [0.4, 0.5) is 0 Å². The molecule has 39 heavy (non-hydrogen) atoms. The fraction of sp³-hybridized carbons (Fsp3) is 0.273. The predicted molar refractivity (Wildman–Crippen MR) is 158 cm³/mol. The molecule has 0 spiro atoms. The average Bonchev–Trinajstić information content (AvgIpc) is 2.94. The smallest absolute Gasteiger partial charge is 0.344 e. The van der Waals surface area contributed by atoms with Crippen LogP contribution in [0.1, 0.15) is 55.1 Å². The quantitative estimate of drug-likeness (QED) is 0.103. The van der Waals surface area contributed by atoms with Gasteiger partial charge >= 0.3 is 5.97 Å². The Morgan fingerprint density at radius 3 is 2.03 bits per heavy atom. The van der Waals surface area contributed by atoms with Crippen molar-refractivity contribution >= 4 is 21.8 Å². The Kier molecular flexibility index (Phi) is 10.6. The third-order valence-corrected chi connectivity index (χ3v) is 8.17. The van der Waals surface area contributed by atoms with Crippen LogP contribution < -0.4 is 0 Å². The van der Waals surface area contributed by atoms with Crippen molar-refractivity contribution in [2.45, 2.75) is 51.5 Å². The number of aryl methyl sites for hydroxylation is 1. The minimum Gasteiger partial charge on any atom is -0.414 e. The van der Waals surface area contributed by atoms with Crippen LogP contribution in [0.2, 0.25) is 0 Å². The van der Waals surface area contributed by atoms with Gasteiger partial charge in [-0.25, -0.2) is 13.2 Å². The summed E-state index contributed by atoms with van der Waals surface area (Å²) in [5.74, 6) is -0.0692. The first kappa shape index (κ1) is 29.9. The molecule has 0 heterocycles. The molecule has 0 amide bonds. The molecule has 0 radical (unpaired) electrons. The van der Waals surface area contributed by atoms with Gasteiger partial charge in [-0.1, -0.05) is 98.8 Å². The summed E-state index contributed by atoms with van der Waals surface area (Å²) < 4.78 is 35.3. The van der Waals surface area contributed by atoms with E-state index in [1.54, 1.807) is 54.6 Å². The van der Waals surface area contributed by atoms with E-state index >= 15 is 0 Å². The van der Waals surface area contributed by atoms with E-state index < -0.39 is 22.0 Å². The standard InChI is InChI=1S/C33H37NO4S/c1-6-22-34(39(36,37)30-20-18-26(5)19-21-30)31(23-25(3)4)27(7-2)24-32(28-14-10-8-11-15-28)38-33(35)29-16-12-9-13-17-29/h6,8-21,25,31H,1,7,22-23H2,2-5H3/t24?,31-/m0/s1. The molecule has 3 aromatic rings. The molecule has 0 N–H and O–H groups in total. The zero-order valence-electron chi connectivity index (χ0n) is 23.1. The third kappa shape index (κ3) is 7.90. The zero-order valence-corrected chi connectivity index (χ0v) is 23.9. The number of esters is 1. The van der Waals surface area contributed by atoms with Gasteiger partial charge in [-0.15, -0.1) is 6.58 Å². The van der Waals surface area contributed by atoms with Gasteiger partial charge in [0.15, 0.2) is 5.76 Å². The van der Waals surface area contributed by atoms with Crippen LogP contribution in [-0.4, -0.2) is 31.3 Å². The van der Waals surface area contributed by atoms with Crippen molar-refractivity contribution in [1.82, 2.24) is 4.31 Å². The molecule has 0 fully saturated rings. The molecule has 0 aliphatic rings. The highest BCUT2D eigenvalue weighted by molar-refractivity contribution is 7.89. The van der Waals surface area contributed by atoms with Gasteiger partial charge in [0.05, 0.1) is 16.5 Å². The molecular weight excluding hydrogens is 506 g/mol. The van der Waals surface area contributed by atoms with Crippen LogP contribution in [0, 0.1) is 12.8 Å². The number of rotatable bonds is 12. The Bertz CT molecular complexity index is 1420. The number of hydrogen-bond acceptors (Lipinski definition) is 4. The van der Waals surface area contributed by atoms with Gasteiger partial charge in [-0.05, 0) is 55.5 Å². The van der Waals surface area contributed by atoms with Crippen LogP contribution >= 0.6 is 0 Å². The van der Waals surface area contributed by atoms with Crippen molar-refractivity contribution in [2.75, 3.05) is 6.54 Å². The van der Waals surface area contributed by atoms with Gasteiger partial charge in [-0.3, -0.25) is 0 Å². The minimum atomic E-state index is -3.86. The lowest BCUT2D eigenvalue weighted by Crippen LogP contribution is -2.42. The normalized spacial score (nSPS) is 12.1. The maximum absolute atomic E-state index is 13.9. The summed E-state index contributed by atoms with van der Waals surface area (Å²) in [5, 5.41) is 0. The molecule has 0 saturated heterocycles. The Labute approximate surface area is 233 Å². The van der Waals surface area contributed by atoms with E-state index in [4.69, 9.17) is 4.74 Å². The van der Waals surface area contributed by atoms with E-state index in [9.17, 15) is 13.2 Å². The summed E-state index contributed by atoms with van der Waals surface area (Å²) in [6.07, 6.45) is 2.67. The monoisotopic (exact) mass is 543 g/mol. The Hall–Kier alpha value is -3.70. The van der Waals surface area contributed by atoms with Crippen molar-refractivity contribution in [3.05, 3.63) is 126 Å². The summed E-state index contributed by atoms with van der Waals surface area (Å²) in [4.78, 5) is 13.3. The van der Waals surface area contributed by atoms with Crippen LogP contribution in [0.15, 0.2) is 114 Å². The highest BCUT2D eigenvalue weighted by Gasteiger charge is 2.33. The first-order valence-electron chi connectivity index (χ1n) is 13.2. The van der Waals surface area contributed by atoms with Crippen LogP contribution in [0.3, 0.4) is 0 Å². The molecule has 6 heteroatoms. The molecule has 0 saturated carbocycles. The summed E-state index contributed by atoms with van der Waals surface area (Å²) in [5.41, 5.74) is 6.14. The van der Waals surface area contributed by atoms with Gasteiger partial charge in [0.2, 0.25) is 10.0 Å². The number of nitrogens with zero attached hydrogens (tertiary/aromatic N) is 1. The molecule has 3 aromatic carbocycles. The van der Waals surface area contributed by atoms with Crippen molar-refractivity contribution in [1.29, 1.82) is 0 Å². The predicted octanol–water partition coefficient (Wildman–Crippen LogP) is 7.42. The van der Waals surface area contributed by atoms with Crippen molar-refractivity contribution < 1.29 is 17.9 Å². The third-order valence-electron chi connectivity index (χ3n) is 6.28. The second kappa shape index (κ2) is 13.9. The number of hydrogen-bond donors (Lipinski definition) is 0. The molecule has 204 valence electrons. The van der Waals surface area contributed by atoms with Crippen molar-refractivity contribution in [2.24, 2.45) is 5.92 Å². The lowest BCUT2D eigenvalue weighted by Gasteiger charge is -2.32. The summed E-state index contributed by atoms with van der Waals surface area (Å²) >= 11 is 0. The number of carbonyl (C=O) groups is 1. The lowest BCUT2D eigenvalue weighted by molar-refractivity contribution is 0.0692. The van der Waals surface area contributed by atoms with Gasteiger partial charge in [0, 0.05) is 12.1 Å². The number of benzene rings is 3. The second-order valence-electron chi connectivity index (χ2n) is 9.78. The van der Waals surface area contributed by atoms with Crippen LogP contribution in [0.5, 0.6) is 0 Å². The molecule has 0 aliphatic heterocycles. The Balaban J connectivity index is 2.21. The Morgan fingerprint density at radius 2 is 1.51 bits per heavy atom. The maximum atomic E-state index is 13.9. The molecule has 0 unspecified atom stereocenters. The van der Waals surface area contributed by atoms with E-state index in [0.29, 0.717) is 24.0 Å². The van der Waals surface area contributed by atoms with Gasteiger partial charge < -0.3 is 4.74 Å². The molecule has 0 aliphatic carbocycles. The Morgan fingerprint density at radius 1 is 0.949 bits per heavy atom. The fourth-order valence-corrected chi connectivity index (χ4v) is 5.87. The molecule has 3 rings (SSSR count). The molecule has 1 atom stereocenters. The van der Waals surface area contributed by atoms with E-state index in [-0.39, 0.29) is 23.1 Å². The van der Waals surface area contributed by atoms with Crippen molar-refractivity contribution in [3.8, 4) is 0 Å². The summed E-state index contributed by atoms with van der Waals surface area (Å²) in [6.45, 7) is 12.0. The number of ether oxygens (including phenoxy) is 1. The van der Waals surface area contributed by atoms with Crippen LogP contribution in [0.25, 0.3) is 5.76 Å². The summed E-state index contributed by atoms with van der Waals surface area (Å²) in [7, 11) is -3.86. The lowest BCUT2D eigenvalue weighted by atomic mass is 9.95. The summed E-state index contributed by atoms with van der Waals surface area (Å²) in [6, 6.07) is 24.4. The minimum absolute atomic E-state index is 0.128. The largest absolute Gasteiger partial charge is 0.414 e. The first-order valence-corrected chi connectivity index (χ1v) is 14.6. The first-order chi connectivity index (χ1) is 18.7. The van der Waals surface area contributed by atoms with Gasteiger partial charge in [0.1, 0.15) is 0 Å². The van der Waals surface area contributed by atoms with E-state index in [2.05, 4.69) is 26.2 Å². The molecule has 0 bridgehead atoms. The van der Waals surface area contributed by atoms with Crippen molar-refractivity contribution in [3.63, 3.8) is 0 Å². The molecular formula is C33H37NO4S. The highest BCUT2D eigenvalue weighted by Crippen LogP contribution is 2.29. The topological polar surface area (TPSA) is 63.7 Å². The van der Waals surface area contributed by atoms with E-state index in [1.165, 1.54) is 4.31 Å². The fourth-order valence-electron chi connectivity index (χ4n) is 4.27. The maximum Gasteiger partial charge on any atom is 0.344 e. The molecule has 0 aromatic heterocycles.